The average molecular weight is 609 g/mol. The second kappa shape index (κ2) is 12.8. The van der Waals surface area contributed by atoms with Gasteiger partial charge in [-0.1, -0.05) is 37.6 Å². The molecule has 0 bridgehead atoms. The minimum Gasteiger partial charge on any atom is -0.422 e. The fraction of sp³-hybridized carbons (Fsp3) is 0.429. The van der Waals surface area contributed by atoms with Crippen molar-refractivity contribution in [3.05, 3.63) is 68.3 Å². The Labute approximate surface area is 243 Å². The molecule has 13 heteroatoms. The van der Waals surface area contributed by atoms with Gasteiger partial charge in [-0.15, -0.1) is 0 Å². The molecule has 2 N–H and O–H groups in total. The monoisotopic (exact) mass is 608 g/mol. The highest BCUT2D eigenvalue weighted by atomic mass is 35.5. The molecule has 0 unspecified atom stereocenters. The summed E-state index contributed by atoms with van der Waals surface area (Å²) in [5.41, 5.74) is 0.269. The number of ether oxygens (including phenoxy) is 1. The summed E-state index contributed by atoms with van der Waals surface area (Å²) in [5.74, 6) is -1.04. The molecule has 1 aliphatic rings. The number of benzene rings is 2. The Bertz CT molecular complexity index is 1600. The first-order valence-corrected chi connectivity index (χ1v) is 15.3. The van der Waals surface area contributed by atoms with E-state index < -0.39 is 27.6 Å². The minimum absolute atomic E-state index is 0.0364. The van der Waals surface area contributed by atoms with Crippen molar-refractivity contribution < 1.29 is 26.8 Å². The molecule has 0 aliphatic carbocycles. The van der Waals surface area contributed by atoms with Gasteiger partial charge in [0.15, 0.2) is 11.6 Å². The maximum Gasteiger partial charge on any atom is 0.414 e. The number of nitrogens with zero attached hydrogens (tertiary/aromatic N) is 2. The number of carbonyl (C=O) groups excluding carboxylic acids is 1. The Balaban J connectivity index is 1.79. The average Bonchev–Trinajstić information content (AvgIpc) is 2.88. The Morgan fingerprint density at radius 1 is 1.22 bits per heavy atom. The van der Waals surface area contributed by atoms with Crippen molar-refractivity contribution in [3.8, 4) is 5.75 Å². The number of amides is 1. The van der Waals surface area contributed by atoms with Crippen molar-refractivity contribution >= 4 is 44.4 Å². The normalized spacial score (nSPS) is 14.4. The van der Waals surface area contributed by atoms with E-state index in [1.807, 2.05) is 0 Å². The predicted molar refractivity (Wildman–Crippen MR) is 157 cm³/mol. The molecule has 4 rings (SSSR count). The first-order valence-electron chi connectivity index (χ1n) is 13.2. The maximum atomic E-state index is 15.6. The number of hydrogen-bond donors (Lipinski definition) is 2. The number of hydrogen-bond acceptors (Lipinski definition) is 8. The van der Waals surface area contributed by atoms with Gasteiger partial charge in [-0.05, 0) is 29.2 Å². The molecule has 0 radical (unpaired) electrons. The van der Waals surface area contributed by atoms with E-state index in [9.17, 15) is 18.0 Å². The fourth-order valence-corrected chi connectivity index (χ4v) is 6.31. The predicted octanol–water partition coefficient (Wildman–Crippen LogP) is 4.04. The molecular formula is C28H34ClFN4O6S. The van der Waals surface area contributed by atoms with Crippen LogP contribution >= 0.6 is 11.6 Å². The second-order valence-electron chi connectivity index (χ2n) is 10.6. The van der Waals surface area contributed by atoms with E-state index in [1.54, 1.807) is 19.9 Å². The number of sulfonamides is 1. The van der Waals surface area contributed by atoms with Crippen LogP contribution in [0.5, 0.6) is 5.75 Å². The SMILES string of the molecule is CC(C)CS(=O)(=O)Nc1cccc(Cc2c(CN3CCNCC3)c3cc(Cl)c(OC(=O)N(C)C)cc3oc2=O)c1F. The number of anilines is 1. The van der Waals surface area contributed by atoms with Gasteiger partial charge in [0.05, 0.1) is 16.5 Å². The van der Waals surface area contributed by atoms with Crippen molar-refractivity contribution in [1.82, 2.24) is 15.1 Å². The lowest BCUT2D eigenvalue weighted by atomic mass is 9.97. The van der Waals surface area contributed by atoms with Crippen LogP contribution in [-0.2, 0) is 23.0 Å². The summed E-state index contributed by atoms with van der Waals surface area (Å²) in [7, 11) is -0.717. The van der Waals surface area contributed by atoms with Crippen LogP contribution in [0.1, 0.15) is 30.5 Å². The molecule has 0 saturated carbocycles. The number of fused-ring (bicyclic) bond motifs is 1. The maximum absolute atomic E-state index is 15.6. The molecule has 1 aromatic heterocycles. The van der Waals surface area contributed by atoms with Gasteiger partial charge < -0.3 is 19.4 Å². The number of rotatable bonds is 9. The smallest absolute Gasteiger partial charge is 0.414 e. The number of carbonyl (C=O) groups is 1. The van der Waals surface area contributed by atoms with Crippen LogP contribution in [0.15, 0.2) is 39.5 Å². The Morgan fingerprint density at radius 2 is 1.93 bits per heavy atom. The highest BCUT2D eigenvalue weighted by Crippen LogP contribution is 2.34. The highest BCUT2D eigenvalue weighted by molar-refractivity contribution is 7.92. The summed E-state index contributed by atoms with van der Waals surface area (Å²) < 4.78 is 53.9. The molecule has 2 aromatic carbocycles. The van der Waals surface area contributed by atoms with Gasteiger partial charge in [0.25, 0.3) is 0 Å². The molecule has 1 saturated heterocycles. The van der Waals surface area contributed by atoms with Crippen LogP contribution in [0.25, 0.3) is 11.0 Å². The van der Waals surface area contributed by atoms with Crippen molar-refractivity contribution in [1.29, 1.82) is 0 Å². The topological polar surface area (TPSA) is 121 Å². The Morgan fingerprint density at radius 3 is 2.59 bits per heavy atom. The summed E-state index contributed by atoms with van der Waals surface area (Å²) >= 11 is 6.50. The summed E-state index contributed by atoms with van der Waals surface area (Å²) in [4.78, 5) is 28.9. The lowest BCUT2D eigenvalue weighted by molar-refractivity contribution is 0.172. The molecule has 2 heterocycles. The largest absolute Gasteiger partial charge is 0.422 e. The molecule has 1 aliphatic heterocycles. The van der Waals surface area contributed by atoms with E-state index in [0.29, 0.717) is 17.5 Å². The third kappa shape index (κ3) is 7.56. The van der Waals surface area contributed by atoms with Crippen LogP contribution in [0, 0.1) is 11.7 Å². The van der Waals surface area contributed by atoms with E-state index in [4.69, 9.17) is 20.8 Å². The van der Waals surface area contributed by atoms with E-state index in [1.165, 1.54) is 43.3 Å². The molecule has 1 fully saturated rings. The third-order valence-electron chi connectivity index (χ3n) is 6.59. The summed E-state index contributed by atoms with van der Waals surface area (Å²) in [6, 6.07) is 7.36. The standard InChI is InChI=1S/C28H34ClFN4O6S/c1-17(2)16-41(37,38)32-23-7-5-6-18(26(23)30)12-20-21(15-34-10-8-31-9-11-34)19-13-22(29)25(40-28(36)33(3)4)14-24(19)39-27(20)35/h5-7,13-14,17,31-32H,8-12,15-16H2,1-4H3. The van der Waals surface area contributed by atoms with Crippen LogP contribution in [0.4, 0.5) is 14.9 Å². The van der Waals surface area contributed by atoms with Gasteiger partial charge in [-0.3, -0.25) is 9.62 Å². The van der Waals surface area contributed by atoms with Crippen molar-refractivity contribution in [2.24, 2.45) is 5.92 Å². The summed E-state index contributed by atoms with van der Waals surface area (Å²) in [6.07, 6.45) is -0.786. The van der Waals surface area contributed by atoms with Gasteiger partial charge in [0.1, 0.15) is 5.58 Å². The number of nitrogens with one attached hydrogen (secondary N) is 2. The second-order valence-corrected chi connectivity index (χ2v) is 12.8. The van der Waals surface area contributed by atoms with Crippen molar-refractivity contribution in [3.63, 3.8) is 0 Å². The van der Waals surface area contributed by atoms with Crippen LogP contribution in [-0.4, -0.2) is 70.3 Å². The minimum atomic E-state index is -3.77. The van der Waals surface area contributed by atoms with Gasteiger partial charge >= 0.3 is 11.7 Å². The molecule has 0 atom stereocenters. The van der Waals surface area contributed by atoms with Crippen LogP contribution in [0.3, 0.4) is 0 Å². The first kappa shape index (κ1) is 30.8. The molecule has 1 amide bonds. The lowest BCUT2D eigenvalue weighted by Gasteiger charge is -2.28. The Hall–Kier alpha value is -3.19. The summed E-state index contributed by atoms with van der Waals surface area (Å²) in [6.45, 7) is 6.89. The van der Waals surface area contributed by atoms with Gasteiger partial charge in [-0.2, -0.15) is 0 Å². The highest BCUT2D eigenvalue weighted by Gasteiger charge is 2.24. The first-order chi connectivity index (χ1) is 19.3. The third-order valence-corrected chi connectivity index (χ3v) is 8.52. The summed E-state index contributed by atoms with van der Waals surface area (Å²) in [5, 5.41) is 3.96. The molecule has 3 aromatic rings. The molecular weight excluding hydrogens is 575 g/mol. The van der Waals surface area contributed by atoms with E-state index in [0.717, 1.165) is 26.2 Å². The van der Waals surface area contributed by atoms with Gasteiger partial charge in [-0.25, -0.2) is 22.4 Å². The zero-order valence-electron chi connectivity index (χ0n) is 23.4. The van der Waals surface area contributed by atoms with Gasteiger partial charge in [0.2, 0.25) is 10.0 Å². The quantitative estimate of drug-likeness (QED) is 0.349. The molecule has 0 spiro atoms. The zero-order valence-corrected chi connectivity index (χ0v) is 25.0. The number of piperazine rings is 1. The van der Waals surface area contributed by atoms with E-state index in [2.05, 4.69) is 14.9 Å². The van der Waals surface area contributed by atoms with E-state index >= 15 is 4.39 Å². The van der Waals surface area contributed by atoms with Crippen LogP contribution < -0.4 is 20.4 Å². The fourth-order valence-electron chi connectivity index (χ4n) is 4.65. The van der Waals surface area contributed by atoms with E-state index in [-0.39, 0.29) is 51.3 Å². The zero-order chi connectivity index (χ0) is 29.9. The molecule has 41 heavy (non-hydrogen) atoms. The van der Waals surface area contributed by atoms with Crippen molar-refractivity contribution in [2.75, 3.05) is 50.7 Å². The van der Waals surface area contributed by atoms with Crippen LogP contribution in [0.2, 0.25) is 5.02 Å². The molecule has 222 valence electrons. The number of halogens is 2. The Kier molecular flexibility index (Phi) is 9.58. The van der Waals surface area contributed by atoms with Crippen molar-refractivity contribution in [2.45, 2.75) is 26.8 Å². The molecule has 10 nitrogen and oxygen atoms in total. The lowest BCUT2D eigenvalue weighted by Crippen LogP contribution is -2.43. The van der Waals surface area contributed by atoms with Gasteiger partial charge in [0, 0.05) is 70.3 Å².